The van der Waals surface area contributed by atoms with Gasteiger partial charge in [-0.1, -0.05) is 0 Å². The average Bonchev–Trinajstić information content (AvgIpc) is 2.37. The summed E-state index contributed by atoms with van der Waals surface area (Å²) in [7, 11) is 0. The Hall–Kier alpha value is -3.30. The van der Waals surface area contributed by atoms with Crippen LogP contribution in [0.15, 0.2) is 28.0 Å². The summed E-state index contributed by atoms with van der Waals surface area (Å²) in [4.78, 5) is 56.0. The van der Waals surface area contributed by atoms with Crippen LogP contribution in [-0.2, 0) is 0 Å². The fourth-order valence-corrected chi connectivity index (χ4v) is 1.35. The minimum Gasteiger partial charge on any atom is -0.476 e. The minimum absolute atomic E-state index is 0.300. The summed E-state index contributed by atoms with van der Waals surface area (Å²) < 4.78 is 0. The number of carbonyl (C=O) groups is 2. The Morgan fingerprint density at radius 1 is 1.15 bits per heavy atom. The van der Waals surface area contributed by atoms with Crippen molar-refractivity contribution in [2.24, 2.45) is 0 Å². The Bertz CT molecular complexity index is 765. The lowest BCUT2D eigenvalue weighted by atomic mass is 10.3. The first kappa shape index (κ1) is 13.1. The van der Waals surface area contributed by atoms with Crippen molar-refractivity contribution in [3.05, 3.63) is 50.7 Å². The normalized spacial score (nSPS) is 10.0. The van der Waals surface area contributed by atoms with Gasteiger partial charge in [-0.25, -0.2) is 19.6 Å². The van der Waals surface area contributed by atoms with Crippen LogP contribution in [0.1, 0.15) is 21.0 Å². The summed E-state index contributed by atoms with van der Waals surface area (Å²) in [5.41, 5.74) is -2.43. The van der Waals surface area contributed by atoms with Gasteiger partial charge in [-0.3, -0.25) is 14.6 Å². The van der Waals surface area contributed by atoms with Crippen molar-refractivity contribution in [3.63, 3.8) is 0 Å². The molecule has 1 amide bonds. The lowest BCUT2D eigenvalue weighted by Gasteiger charge is -2.05. The Morgan fingerprint density at radius 3 is 2.50 bits per heavy atom. The Balaban J connectivity index is 2.35. The van der Waals surface area contributed by atoms with Gasteiger partial charge in [0, 0.05) is 18.5 Å². The van der Waals surface area contributed by atoms with Crippen molar-refractivity contribution < 1.29 is 14.7 Å². The average molecular weight is 277 g/mol. The molecular formula is C10H7N5O5. The van der Waals surface area contributed by atoms with Crippen molar-refractivity contribution >= 4 is 17.7 Å². The number of anilines is 1. The van der Waals surface area contributed by atoms with Crippen LogP contribution in [0.25, 0.3) is 0 Å². The second-order valence-corrected chi connectivity index (χ2v) is 3.51. The number of hydrogen-bond acceptors (Lipinski definition) is 6. The molecule has 0 aromatic carbocycles. The molecule has 0 spiro atoms. The van der Waals surface area contributed by atoms with Gasteiger partial charge in [-0.15, -0.1) is 0 Å². The molecule has 0 radical (unpaired) electrons. The van der Waals surface area contributed by atoms with E-state index in [9.17, 15) is 19.2 Å². The summed E-state index contributed by atoms with van der Waals surface area (Å²) in [6, 6.07) is 0.855. The molecule has 2 rings (SSSR count). The summed E-state index contributed by atoms with van der Waals surface area (Å²) in [6.07, 6.45) is 2.33. The van der Waals surface area contributed by atoms with Gasteiger partial charge < -0.3 is 15.4 Å². The number of aromatic carboxylic acids is 1. The number of carboxylic acid groups (broad SMARTS) is 1. The zero-order valence-electron chi connectivity index (χ0n) is 9.71. The van der Waals surface area contributed by atoms with E-state index in [1.807, 2.05) is 4.98 Å². The van der Waals surface area contributed by atoms with Crippen LogP contribution < -0.4 is 16.6 Å². The van der Waals surface area contributed by atoms with E-state index >= 15 is 0 Å². The minimum atomic E-state index is -1.38. The van der Waals surface area contributed by atoms with E-state index < -0.39 is 28.8 Å². The maximum absolute atomic E-state index is 11.8. The molecule has 4 N–H and O–H groups in total. The van der Waals surface area contributed by atoms with Crippen LogP contribution in [0.3, 0.4) is 0 Å². The molecule has 10 heteroatoms. The number of hydrogen-bond donors (Lipinski definition) is 4. The highest BCUT2D eigenvalue weighted by molar-refractivity contribution is 6.05. The zero-order valence-corrected chi connectivity index (χ0v) is 9.71. The van der Waals surface area contributed by atoms with Crippen molar-refractivity contribution in [2.45, 2.75) is 0 Å². The predicted molar refractivity (Wildman–Crippen MR) is 64.6 cm³/mol. The molecule has 0 aliphatic heterocycles. The van der Waals surface area contributed by atoms with E-state index in [1.165, 1.54) is 6.20 Å². The van der Waals surface area contributed by atoms with Crippen LogP contribution in [-0.4, -0.2) is 36.9 Å². The first-order valence-corrected chi connectivity index (χ1v) is 5.16. The van der Waals surface area contributed by atoms with Crippen LogP contribution in [0.2, 0.25) is 0 Å². The molecule has 2 heterocycles. The SMILES string of the molecule is O=C(Nc1nccnc1C(=O)O)c1cc(=O)[nH]c(=O)[nH]1. The van der Waals surface area contributed by atoms with Gasteiger partial charge in [0.1, 0.15) is 5.69 Å². The summed E-state index contributed by atoms with van der Waals surface area (Å²) in [5, 5.41) is 11.0. The largest absolute Gasteiger partial charge is 0.476 e. The first-order valence-electron chi connectivity index (χ1n) is 5.16. The van der Waals surface area contributed by atoms with E-state index in [0.717, 1.165) is 12.3 Å². The highest BCUT2D eigenvalue weighted by atomic mass is 16.4. The molecule has 0 aliphatic carbocycles. The quantitative estimate of drug-likeness (QED) is 0.548. The van der Waals surface area contributed by atoms with Crippen molar-refractivity contribution in [1.82, 2.24) is 19.9 Å². The fraction of sp³-hybridized carbons (Fsp3) is 0. The van der Waals surface area contributed by atoms with Gasteiger partial charge in [0.15, 0.2) is 11.5 Å². The molecule has 0 fully saturated rings. The van der Waals surface area contributed by atoms with Gasteiger partial charge in [0.25, 0.3) is 11.5 Å². The van der Waals surface area contributed by atoms with E-state index in [-0.39, 0.29) is 11.5 Å². The van der Waals surface area contributed by atoms with Gasteiger partial charge in [0.05, 0.1) is 0 Å². The molecule has 0 saturated heterocycles. The van der Waals surface area contributed by atoms with Gasteiger partial charge in [0.2, 0.25) is 0 Å². The first-order chi connectivity index (χ1) is 9.47. The fourth-order valence-electron chi connectivity index (χ4n) is 1.35. The molecule has 0 aliphatic rings. The third kappa shape index (κ3) is 2.75. The van der Waals surface area contributed by atoms with Crippen LogP contribution in [0, 0.1) is 0 Å². The number of carboxylic acids is 1. The predicted octanol–water partition coefficient (Wildman–Crippen LogP) is -1.20. The van der Waals surface area contributed by atoms with Crippen molar-refractivity contribution in [2.75, 3.05) is 5.32 Å². The molecule has 102 valence electrons. The Kier molecular flexibility index (Phi) is 3.37. The van der Waals surface area contributed by atoms with Crippen molar-refractivity contribution in [3.8, 4) is 0 Å². The Labute approximate surface area is 109 Å². The van der Waals surface area contributed by atoms with Gasteiger partial charge >= 0.3 is 11.7 Å². The van der Waals surface area contributed by atoms with Crippen LogP contribution in [0.5, 0.6) is 0 Å². The number of rotatable bonds is 3. The molecule has 20 heavy (non-hydrogen) atoms. The third-order valence-corrected chi connectivity index (χ3v) is 2.14. The van der Waals surface area contributed by atoms with E-state index in [2.05, 4.69) is 20.3 Å². The van der Waals surface area contributed by atoms with Crippen molar-refractivity contribution in [1.29, 1.82) is 0 Å². The molecule has 0 bridgehead atoms. The highest BCUT2D eigenvalue weighted by Crippen LogP contribution is 2.08. The molecule has 2 aromatic heterocycles. The number of aromatic amines is 2. The summed E-state index contributed by atoms with van der Waals surface area (Å²) in [6.45, 7) is 0. The van der Waals surface area contributed by atoms with Gasteiger partial charge in [-0.2, -0.15) is 0 Å². The monoisotopic (exact) mass is 277 g/mol. The highest BCUT2D eigenvalue weighted by Gasteiger charge is 2.16. The van der Waals surface area contributed by atoms with Crippen LogP contribution in [0.4, 0.5) is 5.82 Å². The lowest BCUT2D eigenvalue weighted by Crippen LogP contribution is -2.27. The number of nitrogens with zero attached hydrogens (tertiary/aromatic N) is 2. The summed E-state index contributed by atoms with van der Waals surface area (Å²) >= 11 is 0. The lowest BCUT2D eigenvalue weighted by molar-refractivity contribution is 0.0691. The third-order valence-electron chi connectivity index (χ3n) is 2.14. The van der Waals surface area contributed by atoms with E-state index in [4.69, 9.17) is 5.11 Å². The smallest absolute Gasteiger partial charge is 0.358 e. The maximum atomic E-state index is 11.8. The van der Waals surface area contributed by atoms with Crippen LogP contribution >= 0.6 is 0 Å². The van der Waals surface area contributed by atoms with E-state index in [0.29, 0.717) is 0 Å². The summed E-state index contributed by atoms with van der Waals surface area (Å²) in [5.74, 6) is -2.57. The zero-order chi connectivity index (χ0) is 14.7. The number of aromatic nitrogens is 4. The topological polar surface area (TPSA) is 158 Å². The second kappa shape index (κ2) is 5.14. The maximum Gasteiger partial charge on any atom is 0.358 e. The molecular weight excluding hydrogens is 270 g/mol. The standard InChI is InChI=1S/C10H7N5O5/c16-5-3-4(13-10(20)14-5)8(17)15-7-6(9(18)19)11-1-2-12-7/h1-3H,(H,18,19)(H,12,15,17)(H2,13,14,16,20). The molecule has 0 saturated carbocycles. The molecule has 0 unspecified atom stereocenters. The van der Waals surface area contributed by atoms with E-state index in [1.54, 1.807) is 0 Å². The number of nitrogens with one attached hydrogen (secondary N) is 3. The number of carbonyl (C=O) groups excluding carboxylic acids is 1. The Morgan fingerprint density at radius 2 is 1.85 bits per heavy atom. The van der Waals surface area contributed by atoms with Gasteiger partial charge in [-0.05, 0) is 0 Å². The molecule has 10 nitrogen and oxygen atoms in total. The molecule has 2 aromatic rings. The number of H-pyrrole nitrogens is 2. The number of amides is 1. The molecule has 0 atom stereocenters. The second-order valence-electron chi connectivity index (χ2n) is 3.51.